The molecule has 0 aliphatic carbocycles. The van der Waals surface area contributed by atoms with Crippen LogP contribution in [0.3, 0.4) is 0 Å². The van der Waals surface area contributed by atoms with Crippen LogP contribution in [0.25, 0.3) is 5.69 Å². The second-order valence-corrected chi connectivity index (χ2v) is 6.56. The second-order valence-electron chi connectivity index (χ2n) is 5.24. The van der Waals surface area contributed by atoms with Gasteiger partial charge in [-0.25, -0.2) is 0 Å². The summed E-state index contributed by atoms with van der Waals surface area (Å²) in [4.78, 5) is 4.81. The quantitative estimate of drug-likeness (QED) is 0.631. The van der Waals surface area contributed by atoms with E-state index in [0.717, 1.165) is 39.2 Å². The van der Waals surface area contributed by atoms with Crippen LogP contribution >= 0.6 is 27.5 Å². The first-order valence-corrected chi connectivity index (χ1v) is 8.39. The zero-order valence-corrected chi connectivity index (χ0v) is 14.4. The summed E-state index contributed by atoms with van der Waals surface area (Å²) in [5, 5.41) is 8.95. The minimum atomic E-state index is 0.644. The maximum absolute atomic E-state index is 6.41. The van der Waals surface area contributed by atoms with Crippen LogP contribution in [0, 0.1) is 0 Å². The molecule has 2 heterocycles. The molecule has 0 saturated heterocycles. The van der Waals surface area contributed by atoms with Crippen molar-refractivity contribution in [1.82, 2.24) is 14.8 Å². The maximum Gasteiger partial charge on any atom is 0.139 e. The van der Waals surface area contributed by atoms with Gasteiger partial charge in [0.1, 0.15) is 12.2 Å². The van der Waals surface area contributed by atoms with Crippen LogP contribution in [0.15, 0.2) is 58.3 Å². The summed E-state index contributed by atoms with van der Waals surface area (Å²) >= 11 is 9.97. The third-order valence-corrected chi connectivity index (χ3v) is 4.65. The minimum Gasteiger partial charge on any atom is -0.285 e. The lowest BCUT2D eigenvalue weighted by Crippen LogP contribution is -2.15. The van der Waals surface area contributed by atoms with Crippen LogP contribution in [0.4, 0.5) is 0 Å². The van der Waals surface area contributed by atoms with Crippen molar-refractivity contribution >= 4 is 33.2 Å². The Balaban J connectivity index is 2.00. The van der Waals surface area contributed by atoms with Crippen molar-refractivity contribution in [2.45, 2.75) is 6.42 Å². The SMILES string of the molecule is Clc1ccccc1/C1=N/CCc2nncn2-c2ccc(Br)cc21. The molecule has 23 heavy (non-hydrogen) atoms. The van der Waals surface area contributed by atoms with Gasteiger partial charge in [-0.2, -0.15) is 0 Å². The lowest BCUT2D eigenvalue weighted by molar-refractivity contribution is 0.823. The van der Waals surface area contributed by atoms with E-state index in [1.54, 1.807) is 6.33 Å². The molecule has 0 radical (unpaired) electrons. The number of aliphatic imine (C=N–C) groups is 1. The molecule has 2 aromatic carbocycles. The standard InChI is InChI=1S/C17H12BrClN4/c18-11-5-6-15-13(9-11)17(12-3-1-2-4-14(12)19)20-8-7-16-22-21-10-23(15)16/h1-6,9-10H,7-8H2/b20-17-. The van der Waals surface area contributed by atoms with Gasteiger partial charge in [-0.1, -0.05) is 45.7 Å². The molecule has 1 aliphatic heterocycles. The van der Waals surface area contributed by atoms with Crippen LogP contribution in [-0.4, -0.2) is 27.0 Å². The van der Waals surface area contributed by atoms with Crippen molar-refractivity contribution in [2.75, 3.05) is 6.54 Å². The molecule has 0 unspecified atom stereocenters. The topological polar surface area (TPSA) is 43.1 Å². The van der Waals surface area contributed by atoms with E-state index in [9.17, 15) is 0 Å². The van der Waals surface area contributed by atoms with Gasteiger partial charge in [0.25, 0.3) is 0 Å². The Hall–Kier alpha value is -1.98. The molecule has 0 fully saturated rings. The number of aromatic nitrogens is 3. The molecular weight excluding hydrogens is 376 g/mol. The fourth-order valence-corrected chi connectivity index (χ4v) is 3.36. The zero-order chi connectivity index (χ0) is 15.8. The molecule has 1 aromatic heterocycles. The Kier molecular flexibility index (Phi) is 3.75. The van der Waals surface area contributed by atoms with Gasteiger partial charge in [-0.3, -0.25) is 9.56 Å². The van der Waals surface area contributed by atoms with E-state index in [2.05, 4.69) is 32.2 Å². The van der Waals surface area contributed by atoms with E-state index in [4.69, 9.17) is 16.6 Å². The Labute approximate surface area is 147 Å². The van der Waals surface area contributed by atoms with Crippen LogP contribution in [-0.2, 0) is 6.42 Å². The fraction of sp³-hybridized carbons (Fsp3) is 0.118. The summed E-state index contributed by atoms with van der Waals surface area (Å²) < 4.78 is 3.01. The highest BCUT2D eigenvalue weighted by atomic mass is 79.9. The van der Waals surface area contributed by atoms with Gasteiger partial charge in [0, 0.05) is 33.6 Å². The molecule has 4 nitrogen and oxygen atoms in total. The van der Waals surface area contributed by atoms with E-state index in [1.807, 2.05) is 41.0 Å². The van der Waals surface area contributed by atoms with Crippen LogP contribution in [0.2, 0.25) is 5.02 Å². The first kappa shape index (κ1) is 14.6. The number of rotatable bonds is 1. The largest absolute Gasteiger partial charge is 0.285 e. The van der Waals surface area contributed by atoms with Gasteiger partial charge in [-0.05, 0) is 24.3 Å². The predicted octanol–water partition coefficient (Wildman–Crippen LogP) is 4.08. The highest BCUT2D eigenvalue weighted by Gasteiger charge is 2.20. The van der Waals surface area contributed by atoms with Crippen molar-refractivity contribution < 1.29 is 0 Å². The van der Waals surface area contributed by atoms with Crippen molar-refractivity contribution in [3.63, 3.8) is 0 Å². The second kappa shape index (κ2) is 5.91. The maximum atomic E-state index is 6.41. The number of benzene rings is 2. The third kappa shape index (κ3) is 2.60. The molecule has 0 bridgehead atoms. The average molecular weight is 388 g/mol. The summed E-state index contributed by atoms with van der Waals surface area (Å²) in [5.74, 6) is 0.913. The van der Waals surface area contributed by atoms with E-state index in [0.29, 0.717) is 11.6 Å². The summed E-state index contributed by atoms with van der Waals surface area (Å²) in [7, 11) is 0. The van der Waals surface area contributed by atoms with E-state index in [-0.39, 0.29) is 0 Å². The molecule has 3 aromatic rings. The molecule has 114 valence electrons. The monoisotopic (exact) mass is 386 g/mol. The van der Waals surface area contributed by atoms with Crippen LogP contribution in [0.1, 0.15) is 17.0 Å². The van der Waals surface area contributed by atoms with Gasteiger partial charge >= 0.3 is 0 Å². The van der Waals surface area contributed by atoms with Gasteiger partial charge in [-0.15, -0.1) is 10.2 Å². The van der Waals surface area contributed by atoms with Gasteiger partial charge in [0.15, 0.2) is 0 Å². The number of hydrogen-bond acceptors (Lipinski definition) is 3. The Morgan fingerprint density at radius 2 is 1.96 bits per heavy atom. The third-order valence-electron chi connectivity index (χ3n) is 3.83. The lowest BCUT2D eigenvalue weighted by Gasteiger charge is -2.18. The smallest absolute Gasteiger partial charge is 0.139 e. The van der Waals surface area contributed by atoms with Gasteiger partial charge in [0.05, 0.1) is 11.4 Å². The molecule has 6 heteroatoms. The summed E-state index contributed by atoms with van der Waals surface area (Å²) in [6.07, 6.45) is 2.49. The molecule has 0 N–H and O–H groups in total. The first-order chi connectivity index (χ1) is 11.2. The van der Waals surface area contributed by atoms with Crippen molar-refractivity contribution in [2.24, 2.45) is 4.99 Å². The van der Waals surface area contributed by atoms with Gasteiger partial charge < -0.3 is 0 Å². The molecule has 4 rings (SSSR count). The number of nitrogens with zero attached hydrogens (tertiary/aromatic N) is 4. The van der Waals surface area contributed by atoms with Crippen molar-refractivity contribution in [3.8, 4) is 5.69 Å². The molecule has 0 spiro atoms. The van der Waals surface area contributed by atoms with Crippen LogP contribution < -0.4 is 0 Å². The van der Waals surface area contributed by atoms with E-state index in [1.165, 1.54) is 0 Å². The predicted molar refractivity (Wildman–Crippen MR) is 94.7 cm³/mol. The first-order valence-electron chi connectivity index (χ1n) is 7.22. The summed E-state index contributed by atoms with van der Waals surface area (Å²) in [6, 6.07) is 13.9. The molecule has 0 saturated carbocycles. The normalized spacial score (nSPS) is 15.8. The van der Waals surface area contributed by atoms with E-state index < -0.39 is 0 Å². The Bertz CT molecular complexity index is 916. The Morgan fingerprint density at radius 1 is 1.09 bits per heavy atom. The Morgan fingerprint density at radius 3 is 2.83 bits per heavy atom. The van der Waals surface area contributed by atoms with E-state index >= 15 is 0 Å². The number of halogens is 2. The molecular formula is C17H12BrClN4. The average Bonchev–Trinajstić information content (AvgIpc) is 2.99. The fourth-order valence-electron chi connectivity index (χ4n) is 2.78. The summed E-state index contributed by atoms with van der Waals surface area (Å²) in [5.41, 5.74) is 3.84. The molecule has 0 amide bonds. The highest BCUT2D eigenvalue weighted by Crippen LogP contribution is 2.28. The summed E-state index contributed by atoms with van der Waals surface area (Å²) in [6.45, 7) is 0.644. The molecule has 1 aliphatic rings. The van der Waals surface area contributed by atoms with Gasteiger partial charge in [0.2, 0.25) is 0 Å². The zero-order valence-electron chi connectivity index (χ0n) is 12.1. The van der Waals surface area contributed by atoms with Crippen molar-refractivity contribution in [3.05, 3.63) is 75.2 Å². The minimum absolute atomic E-state index is 0.644. The van der Waals surface area contributed by atoms with Crippen LogP contribution in [0.5, 0.6) is 0 Å². The number of fused-ring (bicyclic) bond motifs is 3. The van der Waals surface area contributed by atoms with Crippen molar-refractivity contribution in [1.29, 1.82) is 0 Å². The number of hydrogen-bond donors (Lipinski definition) is 0. The lowest BCUT2D eigenvalue weighted by atomic mass is 9.99. The highest BCUT2D eigenvalue weighted by molar-refractivity contribution is 9.10. The molecule has 0 atom stereocenters.